The fourth-order valence-electron chi connectivity index (χ4n) is 4.55. The predicted molar refractivity (Wildman–Crippen MR) is 139 cm³/mol. The smallest absolute Gasteiger partial charge is 0.300 e. The van der Waals surface area contributed by atoms with Gasteiger partial charge in [-0.15, -0.1) is 0 Å². The van der Waals surface area contributed by atoms with Crippen molar-refractivity contribution in [1.29, 1.82) is 0 Å². The van der Waals surface area contributed by atoms with Crippen molar-refractivity contribution in [1.82, 2.24) is 0 Å². The van der Waals surface area contributed by atoms with Gasteiger partial charge < -0.3 is 9.84 Å². The largest absolute Gasteiger partial charge is 0.507 e. The van der Waals surface area contributed by atoms with E-state index < -0.39 is 17.7 Å². The molecular weight excluding hydrogens is 438 g/mol. The van der Waals surface area contributed by atoms with Gasteiger partial charge in [0, 0.05) is 16.8 Å². The van der Waals surface area contributed by atoms with E-state index in [1.54, 1.807) is 19.2 Å². The molecule has 180 valence electrons. The first kappa shape index (κ1) is 24.3. The number of aryl methyl sites for hydroxylation is 2. The Morgan fingerprint density at radius 2 is 1.66 bits per heavy atom. The fraction of sp³-hybridized carbons (Fsp3) is 0.267. The zero-order valence-corrected chi connectivity index (χ0v) is 21.0. The van der Waals surface area contributed by atoms with Crippen molar-refractivity contribution in [2.75, 3.05) is 12.0 Å². The molecular formula is C30H31NO4. The van der Waals surface area contributed by atoms with Crippen LogP contribution in [0.2, 0.25) is 0 Å². The molecule has 35 heavy (non-hydrogen) atoms. The molecule has 0 saturated carbocycles. The van der Waals surface area contributed by atoms with Gasteiger partial charge in [0.15, 0.2) is 0 Å². The second-order valence-corrected chi connectivity index (χ2v) is 10.0. The van der Waals surface area contributed by atoms with Gasteiger partial charge in [-0.25, -0.2) is 0 Å². The molecule has 1 unspecified atom stereocenters. The lowest BCUT2D eigenvalue weighted by Gasteiger charge is -2.27. The van der Waals surface area contributed by atoms with E-state index in [-0.39, 0.29) is 16.7 Å². The third-order valence-electron chi connectivity index (χ3n) is 6.52. The normalized spacial score (nSPS) is 17.7. The van der Waals surface area contributed by atoms with Gasteiger partial charge in [-0.3, -0.25) is 14.5 Å². The number of hydrogen-bond acceptors (Lipinski definition) is 4. The Labute approximate surface area is 206 Å². The summed E-state index contributed by atoms with van der Waals surface area (Å²) in [6.07, 6.45) is 0. The van der Waals surface area contributed by atoms with E-state index in [1.165, 1.54) is 4.90 Å². The van der Waals surface area contributed by atoms with Gasteiger partial charge in [0.05, 0.1) is 18.7 Å². The number of methoxy groups -OCH3 is 1. The number of hydrogen-bond donors (Lipinski definition) is 1. The SMILES string of the molecule is COc1ccccc1C1/C(=C(\O)c2cc(C(C)(C)C)ccc2C)C(=O)C(=O)N1c1cccc(C)c1. The van der Waals surface area contributed by atoms with E-state index >= 15 is 0 Å². The summed E-state index contributed by atoms with van der Waals surface area (Å²) in [6, 6.07) is 19.7. The summed E-state index contributed by atoms with van der Waals surface area (Å²) >= 11 is 0. The lowest BCUT2D eigenvalue weighted by molar-refractivity contribution is -0.132. The Morgan fingerprint density at radius 1 is 0.943 bits per heavy atom. The van der Waals surface area contributed by atoms with Crippen LogP contribution in [0.25, 0.3) is 5.76 Å². The topological polar surface area (TPSA) is 66.8 Å². The van der Waals surface area contributed by atoms with Crippen molar-refractivity contribution >= 4 is 23.1 Å². The van der Waals surface area contributed by atoms with Crippen LogP contribution in [0, 0.1) is 13.8 Å². The average molecular weight is 470 g/mol. The Balaban J connectivity index is 2.02. The summed E-state index contributed by atoms with van der Waals surface area (Å²) in [5.41, 5.74) is 4.44. The van der Waals surface area contributed by atoms with E-state index in [1.807, 2.05) is 68.4 Å². The molecule has 4 rings (SSSR count). The van der Waals surface area contributed by atoms with E-state index in [4.69, 9.17) is 4.74 Å². The number of Topliss-reactive ketones (excluding diaryl/α,β-unsaturated/α-hetero) is 1. The Morgan fingerprint density at radius 3 is 2.31 bits per heavy atom. The van der Waals surface area contributed by atoms with Crippen LogP contribution in [-0.4, -0.2) is 23.9 Å². The molecule has 3 aromatic carbocycles. The van der Waals surface area contributed by atoms with Gasteiger partial charge in [-0.05, 0) is 60.2 Å². The van der Waals surface area contributed by atoms with Crippen LogP contribution >= 0.6 is 0 Å². The van der Waals surface area contributed by atoms with Crippen molar-refractivity contribution in [3.63, 3.8) is 0 Å². The number of aliphatic hydroxyl groups is 1. The number of ketones is 1. The summed E-state index contributed by atoms with van der Waals surface area (Å²) in [6.45, 7) is 10.1. The molecule has 0 aliphatic carbocycles. The van der Waals surface area contributed by atoms with Crippen molar-refractivity contribution in [2.45, 2.75) is 46.1 Å². The minimum Gasteiger partial charge on any atom is -0.507 e. The maximum absolute atomic E-state index is 13.5. The first-order valence-electron chi connectivity index (χ1n) is 11.7. The summed E-state index contributed by atoms with van der Waals surface area (Å²) in [5, 5.41) is 11.6. The molecule has 0 radical (unpaired) electrons. The van der Waals surface area contributed by atoms with Crippen LogP contribution in [0.15, 0.2) is 72.3 Å². The molecule has 1 saturated heterocycles. The lowest BCUT2D eigenvalue weighted by Crippen LogP contribution is -2.29. The molecule has 1 N–H and O–H groups in total. The summed E-state index contributed by atoms with van der Waals surface area (Å²) < 4.78 is 5.60. The van der Waals surface area contributed by atoms with Crippen molar-refractivity contribution in [2.24, 2.45) is 0 Å². The minimum atomic E-state index is -0.842. The van der Waals surface area contributed by atoms with E-state index in [9.17, 15) is 14.7 Å². The molecule has 1 heterocycles. The Hall–Kier alpha value is -3.86. The zero-order chi connectivity index (χ0) is 25.5. The van der Waals surface area contributed by atoms with Gasteiger partial charge in [0.2, 0.25) is 0 Å². The highest BCUT2D eigenvalue weighted by Crippen LogP contribution is 2.45. The average Bonchev–Trinajstić information content (AvgIpc) is 3.08. The quantitative estimate of drug-likeness (QED) is 0.279. The third kappa shape index (κ3) is 4.34. The molecule has 0 bridgehead atoms. The summed E-state index contributed by atoms with van der Waals surface area (Å²) in [7, 11) is 1.55. The van der Waals surface area contributed by atoms with Crippen molar-refractivity contribution in [3.05, 3.63) is 100 Å². The number of aliphatic hydroxyl groups excluding tert-OH is 1. The van der Waals surface area contributed by atoms with Gasteiger partial charge in [0.1, 0.15) is 11.5 Å². The molecule has 0 spiro atoms. The highest BCUT2D eigenvalue weighted by molar-refractivity contribution is 6.51. The monoisotopic (exact) mass is 469 g/mol. The molecule has 5 nitrogen and oxygen atoms in total. The second kappa shape index (κ2) is 9.06. The van der Waals surface area contributed by atoms with Crippen LogP contribution < -0.4 is 9.64 Å². The molecule has 1 fully saturated rings. The standard InChI is InChI=1S/C30H31NO4/c1-18-10-9-11-21(16-18)31-26(22-12-7-8-13-24(22)35-6)25(28(33)29(31)34)27(32)23-17-20(30(3,4)5)15-14-19(23)2/h7-17,26,32H,1-6H3/b27-25+. The molecule has 3 aromatic rings. The van der Waals surface area contributed by atoms with Gasteiger partial charge in [-0.1, -0.05) is 63.2 Å². The molecule has 1 amide bonds. The number of carbonyl (C=O) groups is 2. The second-order valence-electron chi connectivity index (χ2n) is 10.0. The lowest BCUT2D eigenvalue weighted by atomic mass is 9.84. The van der Waals surface area contributed by atoms with Crippen LogP contribution in [-0.2, 0) is 15.0 Å². The van der Waals surface area contributed by atoms with Crippen molar-refractivity contribution < 1.29 is 19.4 Å². The van der Waals surface area contributed by atoms with E-state index in [0.29, 0.717) is 22.6 Å². The summed E-state index contributed by atoms with van der Waals surface area (Å²) in [5.74, 6) is -1.06. The Kier molecular flexibility index (Phi) is 6.28. The van der Waals surface area contributed by atoms with E-state index in [2.05, 4.69) is 20.8 Å². The van der Waals surface area contributed by atoms with Crippen LogP contribution in [0.3, 0.4) is 0 Å². The highest BCUT2D eigenvalue weighted by Gasteiger charge is 2.48. The number of benzene rings is 3. The maximum Gasteiger partial charge on any atom is 0.300 e. The molecule has 1 atom stereocenters. The molecule has 1 aliphatic rings. The summed E-state index contributed by atoms with van der Waals surface area (Å²) in [4.78, 5) is 28.4. The molecule has 5 heteroatoms. The van der Waals surface area contributed by atoms with Crippen LogP contribution in [0.5, 0.6) is 5.75 Å². The number of carbonyl (C=O) groups excluding carboxylic acids is 2. The number of nitrogens with zero attached hydrogens (tertiary/aromatic N) is 1. The van der Waals surface area contributed by atoms with Gasteiger partial charge in [-0.2, -0.15) is 0 Å². The first-order chi connectivity index (χ1) is 16.5. The number of para-hydroxylation sites is 1. The number of ether oxygens (including phenoxy) is 1. The predicted octanol–water partition coefficient (Wildman–Crippen LogP) is 6.24. The minimum absolute atomic E-state index is 0.0511. The third-order valence-corrected chi connectivity index (χ3v) is 6.52. The maximum atomic E-state index is 13.5. The number of anilines is 1. The fourth-order valence-corrected chi connectivity index (χ4v) is 4.55. The number of rotatable bonds is 4. The van der Waals surface area contributed by atoms with Crippen molar-refractivity contribution in [3.8, 4) is 5.75 Å². The molecule has 0 aromatic heterocycles. The first-order valence-corrected chi connectivity index (χ1v) is 11.7. The van der Waals surface area contributed by atoms with E-state index in [0.717, 1.165) is 16.7 Å². The van der Waals surface area contributed by atoms with Crippen LogP contribution in [0.4, 0.5) is 5.69 Å². The zero-order valence-electron chi connectivity index (χ0n) is 21.0. The van der Waals surface area contributed by atoms with Crippen LogP contribution in [0.1, 0.15) is 54.6 Å². The number of amides is 1. The van der Waals surface area contributed by atoms with Gasteiger partial charge in [0.25, 0.3) is 11.7 Å². The Bertz CT molecular complexity index is 1350. The highest BCUT2D eigenvalue weighted by atomic mass is 16.5. The van der Waals surface area contributed by atoms with Gasteiger partial charge >= 0.3 is 0 Å². The molecule has 1 aliphatic heterocycles.